The summed E-state index contributed by atoms with van der Waals surface area (Å²) in [4.78, 5) is 21.3. The molecule has 0 heterocycles. The Bertz CT molecular complexity index is 807. The second-order valence-electron chi connectivity index (χ2n) is 16.5. The summed E-state index contributed by atoms with van der Waals surface area (Å²) < 4.78 is 16.8. The van der Waals surface area contributed by atoms with Crippen LogP contribution in [0.2, 0.25) is 0 Å². The second-order valence-corrected chi connectivity index (χ2v) is 17.6. The Hall–Kier alpha value is -0.0900. The maximum Gasteiger partial charge on any atom is 0.265 e. The largest absolute Gasteiger partial charge is 0.756 e. The van der Waals surface area contributed by atoms with Crippen molar-refractivity contribution in [2.45, 2.75) is 230 Å². The van der Waals surface area contributed by atoms with Crippen LogP contribution in [0.5, 0.6) is 0 Å². The van der Waals surface area contributed by atoms with Gasteiger partial charge in [0.25, 0.3) is 7.82 Å². The third-order valence-electron chi connectivity index (χ3n) is 10.2. The Kier molecular flexibility index (Phi) is 30.2. The molecule has 0 fully saturated rings. The summed E-state index contributed by atoms with van der Waals surface area (Å²) in [7, 11) is 0.0339. The summed E-state index contributed by atoms with van der Waals surface area (Å²) in [6.45, 7) is 4.42. The van der Waals surface area contributed by atoms with Gasteiger partial charge in [-0.15, -0.1) is 0 Å². The molecular formula is C40H84NO8P. The van der Waals surface area contributed by atoms with Crippen molar-refractivity contribution in [1.82, 2.24) is 0 Å². The van der Waals surface area contributed by atoms with Gasteiger partial charge in [-0.1, -0.05) is 181 Å². The van der Waals surface area contributed by atoms with Gasteiger partial charge in [-0.25, -0.2) is 0 Å². The Morgan fingerprint density at radius 1 is 0.600 bits per heavy atom. The van der Waals surface area contributed by atoms with Crippen LogP contribution >= 0.6 is 7.82 Å². The van der Waals surface area contributed by atoms with E-state index >= 15 is 0 Å². The number of hydrogen-bond acceptors (Lipinski definition) is 7. The molecule has 0 aliphatic heterocycles. The highest BCUT2D eigenvalue weighted by atomic mass is 31.2. The molecule has 0 aromatic heterocycles. The lowest BCUT2D eigenvalue weighted by Gasteiger charge is -2.43. The SMILES string of the molecule is CCCCCCCCCCCCCCCC(O)CC(O)(C(O)CCCCCCCCCCCCCCC)C(O)C(C[N+](C)(C)C)OP(=O)([O-])O. The first-order valence-corrected chi connectivity index (χ1v) is 22.4. The number of phosphoric acid groups is 1. The van der Waals surface area contributed by atoms with Crippen LogP contribution in [0.1, 0.15) is 200 Å². The van der Waals surface area contributed by atoms with Crippen molar-refractivity contribution in [3.05, 3.63) is 0 Å². The van der Waals surface area contributed by atoms with Gasteiger partial charge in [-0.3, -0.25) is 4.57 Å². The maximum atomic E-state index is 11.9. The topological polar surface area (TPSA) is 151 Å². The smallest absolute Gasteiger partial charge is 0.265 e. The zero-order valence-corrected chi connectivity index (χ0v) is 34.3. The fraction of sp³-hybridized carbons (Fsp3) is 1.00. The Balaban J connectivity index is 4.92. The molecule has 6 unspecified atom stereocenters. The highest BCUT2D eigenvalue weighted by Gasteiger charge is 2.49. The fourth-order valence-electron chi connectivity index (χ4n) is 7.16. The zero-order chi connectivity index (χ0) is 37.7. The van der Waals surface area contributed by atoms with E-state index in [-0.39, 0.29) is 23.9 Å². The van der Waals surface area contributed by atoms with E-state index in [9.17, 15) is 34.8 Å². The molecule has 0 aromatic carbocycles. The minimum Gasteiger partial charge on any atom is -0.756 e. The van der Waals surface area contributed by atoms with E-state index in [1.165, 1.54) is 116 Å². The van der Waals surface area contributed by atoms with Crippen molar-refractivity contribution in [1.29, 1.82) is 0 Å². The van der Waals surface area contributed by atoms with Gasteiger partial charge >= 0.3 is 0 Å². The van der Waals surface area contributed by atoms with E-state index in [2.05, 4.69) is 13.8 Å². The van der Waals surface area contributed by atoms with Crippen LogP contribution in [0.4, 0.5) is 0 Å². The van der Waals surface area contributed by atoms with Gasteiger partial charge in [0.15, 0.2) is 0 Å². The van der Waals surface area contributed by atoms with Crippen LogP contribution in [-0.4, -0.2) is 87.5 Å². The van der Waals surface area contributed by atoms with Crippen LogP contribution < -0.4 is 4.89 Å². The number of likely N-dealkylation sites (N-methyl/N-ethyl adjacent to an activating group) is 1. The third kappa shape index (κ3) is 28.4. The average molecular weight is 738 g/mol. The van der Waals surface area contributed by atoms with Crippen LogP contribution in [-0.2, 0) is 9.09 Å². The zero-order valence-electron chi connectivity index (χ0n) is 33.4. The highest BCUT2D eigenvalue weighted by molar-refractivity contribution is 7.44. The van der Waals surface area contributed by atoms with Crippen molar-refractivity contribution in [2.75, 3.05) is 27.7 Å². The summed E-state index contributed by atoms with van der Waals surface area (Å²) in [5.74, 6) is 0. The number of hydrogen-bond donors (Lipinski definition) is 5. The van der Waals surface area contributed by atoms with Gasteiger partial charge in [0.05, 0.1) is 33.4 Å². The number of nitrogens with zero attached hydrogens (tertiary/aromatic N) is 1. The molecule has 0 aromatic rings. The molecule has 0 spiro atoms. The average Bonchev–Trinajstić information content (AvgIpc) is 3.03. The second kappa shape index (κ2) is 30.3. The predicted molar refractivity (Wildman–Crippen MR) is 206 cm³/mol. The molecule has 0 bridgehead atoms. The van der Waals surface area contributed by atoms with Crippen LogP contribution in [0, 0.1) is 0 Å². The van der Waals surface area contributed by atoms with E-state index in [1.54, 1.807) is 21.1 Å². The van der Waals surface area contributed by atoms with Gasteiger partial charge in [0.1, 0.15) is 24.4 Å². The Labute approximate surface area is 308 Å². The summed E-state index contributed by atoms with van der Waals surface area (Å²) in [6.07, 6.45) is 25.5. The van der Waals surface area contributed by atoms with Gasteiger partial charge < -0.3 is 39.2 Å². The van der Waals surface area contributed by atoms with Crippen molar-refractivity contribution in [3.8, 4) is 0 Å². The van der Waals surface area contributed by atoms with E-state index in [0.717, 1.165) is 44.9 Å². The molecule has 0 radical (unpaired) electrons. The molecule has 6 atom stereocenters. The first-order chi connectivity index (χ1) is 23.7. The fourth-order valence-corrected chi connectivity index (χ4v) is 7.68. The molecule has 0 aliphatic rings. The molecule has 302 valence electrons. The quantitative estimate of drug-likeness (QED) is 0.0241. The van der Waals surface area contributed by atoms with Crippen LogP contribution in [0.3, 0.4) is 0 Å². The Morgan fingerprint density at radius 3 is 1.24 bits per heavy atom. The number of quaternary nitrogens is 1. The molecule has 5 N–H and O–H groups in total. The van der Waals surface area contributed by atoms with E-state index in [4.69, 9.17) is 4.52 Å². The molecule has 0 amide bonds. The van der Waals surface area contributed by atoms with Crippen molar-refractivity contribution in [3.63, 3.8) is 0 Å². The lowest BCUT2D eigenvalue weighted by molar-refractivity contribution is -0.873. The first-order valence-electron chi connectivity index (χ1n) is 21.0. The van der Waals surface area contributed by atoms with Crippen LogP contribution in [0.25, 0.3) is 0 Å². The number of aliphatic hydroxyl groups is 4. The number of phosphoric ester groups is 1. The number of aliphatic hydroxyl groups excluding tert-OH is 3. The van der Waals surface area contributed by atoms with E-state index < -0.39 is 37.8 Å². The summed E-state index contributed by atoms with van der Waals surface area (Å²) >= 11 is 0. The minimum absolute atomic E-state index is 0.0589. The molecule has 0 rings (SSSR count). The van der Waals surface area contributed by atoms with Crippen LogP contribution in [0.15, 0.2) is 0 Å². The molecular weight excluding hydrogens is 653 g/mol. The summed E-state index contributed by atoms with van der Waals surface area (Å²) in [6, 6.07) is 0. The molecule has 0 saturated heterocycles. The first kappa shape index (κ1) is 49.9. The van der Waals surface area contributed by atoms with Gasteiger partial charge in [-0.2, -0.15) is 0 Å². The molecule has 10 heteroatoms. The monoisotopic (exact) mass is 738 g/mol. The Morgan fingerprint density at radius 2 is 0.920 bits per heavy atom. The van der Waals surface area contributed by atoms with E-state index in [1.807, 2.05) is 0 Å². The lowest BCUT2D eigenvalue weighted by atomic mass is 9.79. The van der Waals surface area contributed by atoms with Gasteiger partial charge in [0.2, 0.25) is 0 Å². The van der Waals surface area contributed by atoms with E-state index in [0.29, 0.717) is 12.8 Å². The summed E-state index contributed by atoms with van der Waals surface area (Å²) in [5, 5.41) is 45.6. The molecule has 0 saturated carbocycles. The van der Waals surface area contributed by atoms with Gasteiger partial charge in [-0.05, 0) is 12.8 Å². The van der Waals surface area contributed by atoms with Crippen molar-refractivity contribution < 1.29 is 43.8 Å². The highest BCUT2D eigenvalue weighted by Crippen LogP contribution is 2.38. The van der Waals surface area contributed by atoms with Crippen molar-refractivity contribution >= 4 is 7.82 Å². The minimum atomic E-state index is -5.27. The standard InChI is InChI=1S/C40H84NO8P/c1-6-8-10-12-14-16-18-20-22-24-26-28-30-32-36(42)34-40(45,39(44)37(35-41(3,4)5)49-50(46,47)48)38(43)33-31-29-27-25-23-21-19-17-15-13-11-9-7-2/h36-39,42-45H,6-35H2,1-5H3,(H-,46,47,48). The normalized spacial score (nSPS) is 17.3. The molecule has 50 heavy (non-hydrogen) atoms. The predicted octanol–water partition coefficient (Wildman–Crippen LogP) is 8.71. The number of rotatable bonds is 37. The van der Waals surface area contributed by atoms with Crippen molar-refractivity contribution in [2.24, 2.45) is 0 Å². The molecule has 9 nitrogen and oxygen atoms in total. The van der Waals surface area contributed by atoms with Gasteiger partial charge in [0, 0.05) is 6.42 Å². The third-order valence-corrected chi connectivity index (χ3v) is 10.8. The summed E-state index contributed by atoms with van der Waals surface area (Å²) in [5.41, 5.74) is -2.22. The maximum absolute atomic E-state index is 11.9. The number of unbranched alkanes of at least 4 members (excludes halogenated alkanes) is 24. The lowest BCUT2D eigenvalue weighted by Crippen LogP contribution is -2.61. The molecule has 0 aliphatic carbocycles.